The number of nitrogens with one attached hydrogen (secondary N) is 2. The van der Waals surface area contributed by atoms with Crippen molar-refractivity contribution in [3.8, 4) is 0 Å². The van der Waals surface area contributed by atoms with Crippen LogP contribution in [-0.2, 0) is 34.3 Å². The van der Waals surface area contributed by atoms with Gasteiger partial charge in [-0.1, -0.05) is 6.07 Å². The van der Waals surface area contributed by atoms with Crippen LogP contribution in [0.15, 0.2) is 24.3 Å². The molecule has 0 aliphatic carbocycles. The van der Waals surface area contributed by atoms with E-state index >= 15 is 0 Å². The van der Waals surface area contributed by atoms with Crippen LogP contribution in [0.1, 0.15) is 34.6 Å². The minimum atomic E-state index is -0.464. The highest BCUT2D eigenvalue weighted by Crippen LogP contribution is 2.24. The molecule has 3 amide bonds. The van der Waals surface area contributed by atoms with Gasteiger partial charge in [-0.05, 0) is 18.2 Å². The van der Waals surface area contributed by atoms with Crippen LogP contribution >= 0.6 is 0 Å². The van der Waals surface area contributed by atoms with E-state index in [9.17, 15) is 18.8 Å². The standard InChI is InChI=1S/C21H26FN5O4/c1-26-17-8-10-27(19(29)7-6-18(28)23-9-11-31-2)13-16(17)20(25-26)21(30)24-15-5-3-4-14(22)12-15/h3-5,12H,6-11,13H2,1-2H3,(H,23,28)(H,24,30). The molecule has 0 unspecified atom stereocenters. The Bertz CT molecular complexity index is 975. The zero-order chi connectivity index (χ0) is 22.4. The van der Waals surface area contributed by atoms with Crippen molar-refractivity contribution in [1.29, 1.82) is 0 Å². The molecular weight excluding hydrogens is 405 g/mol. The summed E-state index contributed by atoms with van der Waals surface area (Å²) in [4.78, 5) is 38.8. The monoisotopic (exact) mass is 431 g/mol. The Morgan fingerprint density at radius 3 is 2.81 bits per heavy atom. The minimum Gasteiger partial charge on any atom is -0.383 e. The summed E-state index contributed by atoms with van der Waals surface area (Å²) in [7, 11) is 3.30. The van der Waals surface area contributed by atoms with Gasteiger partial charge in [0.2, 0.25) is 11.8 Å². The number of anilines is 1. The van der Waals surface area contributed by atoms with Crippen LogP contribution in [0.3, 0.4) is 0 Å². The summed E-state index contributed by atoms with van der Waals surface area (Å²) in [5.41, 5.74) is 2.08. The van der Waals surface area contributed by atoms with Crippen LogP contribution in [-0.4, -0.2) is 59.2 Å². The molecule has 0 fully saturated rings. The van der Waals surface area contributed by atoms with E-state index in [1.165, 1.54) is 18.2 Å². The molecule has 1 aromatic carbocycles. The molecule has 0 saturated carbocycles. The smallest absolute Gasteiger partial charge is 0.276 e. The van der Waals surface area contributed by atoms with E-state index in [0.29, 0.717) is 37.4 Å². The first-order valence-corrected chi connectivity index (χ1v) is 10.0. The fourth-order valence-electron chi connectivity index (χ4n) is 3.50. The first-order valence-electron chi connectivity index (χ1n) is 10.0. The predicted molar refractivity (Wildman–Crippen MR) is 111 cm³/mol. The molecule has 31 heavy (non-hydrogen) atoms. The van der Waals surface area contributed by atoms with E-state index in [2.05, 4.69) is 15.7 Å². The average Bonchev–Trinajstić information content (AvgIpc) is 3.08. The first kappa shape index (κ1) is 22.4. The predicted octanol–water partition coefficient (Wildman–Crippen LogP) is 1.24. The lowest BCUT2D eigenvalue weighted by molar-refractivity contribution is -0.134. The Morgan fingerprint density at radius 2 is 2.06 bits per heavy atom. The summed E-state index contributed by atoms with van der Waals surface area (Å²) >= 11 is 0. The molecule has 0 atom stereocenters. The minimum absolute atomic E-state index is 0.0826. The number of methoxy groups -OCH3 is 1. The summed E-state index contributed by atoms with van der Waals surface area (Å²) < 4.78 is 19.9. The molecule has 10 heteroatoms. The molecule has 2 N–H and O–H groups in total. The molecule has 9 nitrogen and oxygen atoms in total. The summed E-state index contributed by atoms with van der Waals surface area (Å²) in [5.74, 6) is -1.29. The number of amides is 3. The number of halogens is 1. The van der Waals surface area contributed by atoms with Crippen molar-refractivity contribution in [3.63, 3.8) is 0 Å². The van der Waals surface area contributed by atoms with Gasteiger partial charge in [-0.15, -0.1) is 0 Å². The van der Waals surface area contributed by atoms with Crippen molar-refractivity contribution in [2.45, 2.75) is 25.8 Å². The van der Waals surface area contributed by atoms with E-state index < -0.39 is 11.7 Å². The second kappa shape index (κ2) is 10.2. The van der Waals surface area contributed by atoms with Crippen molar-refractivity contribution < 1.29 is 23.5 Å². The molecule has 1 aromatic heterocycles. The second-order valence-corrected chi connectivity index (χ2v) is 7.27. The van der Waals surface area contributed by atoms with Crippen molar-refractivity contribution in [1.82, 2.24) is 20.0 Å². The Kier molecular flexibility index (Phi) is 7.35. The number of aryl methyl sites for hydroxylation is 1. The van der Waals surface area contributed by atoms with Crippen LogP contribution in [0, 0.1) is 5.82 Å². The molecule has 2 aromatic rings. The largest absolute Gasteiger partial charge is 0.383 e. The third-order valence-corrected chi connectivity index (χ3v) is 5.09. The van der Waals surface area contributed by atoms with E-state index in [1.54, 1.807) is 29.8 Å². The lowest BCUT2D eigenvalue weighted by Crippen LogP contribution is -2.37. The highest BCUT2D eigenvalue weighted by atomic mass is 19.1. The SMILES string of the molecule is COCCNC(=O)CCC(=O)N1CCc2c(c(C(=O)Nc3cccc(F)c3)nn2C)C1. The zero-order valence-electron chi connectivity index (χ0n) is 17.6. The van der Waals surface area contributed by atoms with Crippen LogP contribution in [0.5, 0.6) is 0 Å². The maximum absolute atomic E-state index is 13.4. The molecule has 0 bridgehead atoms. The highest BCUT2D eigenvalue weighted by molar-refractivity contribution is 6.04. The molecule has 166 valence electrons. The molecule has 0 radical (unpaired) electrons. The quantitative estimate of drug-likeness (QED) is 0.612. The molecule has 0 spiro atoms. The van der Waals surface area contributed by atoms with Gasteiger partial charge in [0.1, 0.15) is 5.82 Å². The number of rotatable bonds is 8. The number of benzene rings is 1. The van der Waals surface area contributed by atoms with Gasteiger partial charge in [0, 0.05) is 70.0 Å². The third-order valence-electron chi connectivity index (χ3n) is 5.09. The average molecular weight is 431 g/mol. The Hall–Kier alpha value is -3.27. The van der Waals surface area contributed by atoms with Gasteiger partial charge in [0.05, 0.1) is 6.61 Å². The highest BCUT2D eigenvalue weighted by Gasteiger charge is 2.29. The van der Waals surface area contributed by atoms with Gasteiger partial charge in [-0.2, -0.15) is 5.10 Å². The topological polar surface area (TPSA) is 106 Å². The zero-order valence-corrected chi connectivity index (χ0v) is 17.6. The Morgan fingerprint density at radius 1 is 1.26 bits per heavy atom. The van der Waals surface area contributed by atoms with Gasteiger partial charge < -0.3 is 20.3 Å². The maximum atomic E-state index is 13.4. The van der Waals surface area contributed by atoms with E-state index in [0.717, 1.165) is 5.69 Å². The summed E-state index contributed by atoms with van der Waals surface area (Å²) in [6, 6.07) is 5.61. The van der Waals surface area contributed by atoms with Crippen molar-refractivity contribution >= 4 is 23.4 Å². The van der Waals surface area contributed by atoms with E-state index in [1.807, 2.05) is 0 Å². The van der Waals surface area contributed by atoms with Crippen LogP contribution in [0.4, 0.5) is 10.1 Å². The molecule has 3 rings (SSSR count). The Labute approximate surface area is 179 Å². The molecule has 2 heterocycles. The fourth-order valence-corrected chi connectivity index (χ4v) is 3.50. The van der Waals surface area contributed by atoms with E-state index in [4.69, 9.17) is 4.74 Å². The number of carbonyl (C=O) groups excluding carboxylic acids is 3. The molecule has 0 saturated heterocycles. The fraction of sp³-hybridized carbons (Fsp3) is 0.429. The second-order valence-electron chi connectivity index (χ2n) is 7.27. The normalized spacial score (nSPS) is 12.9. The van der Waals surface area contributed by atoms with Crippen LogP contribution < -0.4 is 10.6 Å². The number of aromatic nitrogens is 2. The number of ether oxygens (including phenoxy) is 1. The number of fused-ring (bicyclic) bond motifs is 1. The number of nitrogens with zero attached hydrogens (tertiary/aromatic N) is 3. The van der Waals surface area contributed by atoms with Gasteiger partial charge in [-0.3, -0.25) is 19.1 Å². The van der Waals surface area contributed by atoms with Gasteiger partial charge in [0.15, 0.2) is 5.69 Å². The first-order chi connectivity index (χ1) is 14.9. The van der Waals surface area contributed by atoms with Crippen molar-refractivity contribution in [2.75, 3.05) is 32.1 Å². The van der Waals surface area contributed by atoms with Gasteiger partial charge in [0.25, 0.3) is 5.91 Å². The van der Waals surface area contributed by atoms with Crippen LogP contribution in [0.25, 0.3) is 0 Å². The lowest BCUT2D eigenvalue weighted by atomic mass is 10.0. The summed E-state index contributed by atoms with van der Waals surface area (Å²) in [5, 5.41) is 9.65. The summed E-state index contributed by atoms with van der Waals surface area (Å²) in [6.07, 6.45) is 0.725. The molecule has 1 aliphatic heterocycles. The van der Waals surface area contributed by atoms with E-state index in [-0.39, 0.29) is 36.9 Å². The molecule has 1 aliphatic rings. The van der Waals surface area contributed by atoms with Crippen LogP contribution in [0.2, 0.25) is 0 Å². The van der Waals surface area contributed by atoms with Gasteiger partial charge >= 0.3 is 0 Å². The molecular formula is C21H26FN5O4. The Balaban J connectivity index is 1.64. The van der Waals surface area contributed by atoms with Crippen molar-refractivity contribution in [3.05, 3.63) is 47.0 Å². The number of hydrogen-bond donors (Lipinski definition) is 2. The maximum Gasteiger partial charge on any atom is 0.276 e. The van der Waals surface area contributed by atoms with Crippen molar-refractivity contribution in [2.24, 2.45) is 7.05 Å². The third kappa shape index (κ3) is 5.66. The number of carbonyl (C=O) groups is 3. The number of hydrogen-bond acceptors (Lipinski definition) is 5. The lowest BCUT2D eigenvalue weighted by Gasteiger charge is -2.27. The van der Waals surface area contributed by atoms with Gasteiger partial charge in [-0.25, -0.2) is 4.39 Å². The summed E-state index contributed by atoms with van der Waals surface area (Å²) in [6.45, 7) is 1.53.